The molecule has 0 radical (unpaired) electrons. The molecule has 2 aromatic rings. The molecule has 0 atom stereocenters. The predicted molar refractivity (Wildman–Crippen MR) is 80.9 cm³/mol. The van der Waals surface area contributed by atoms with Crippen LogP contribution in [0.2, 0.25) is 5.02 Å². The van der Waals surface area contributed by atoms with Crippen LogP contribution in [0.3, 0.4) is 0 Å². The fourth-order valence-corrected chi connectivity index (χ4v) is 1.95. The highest BCUT2D eigenvalue weighted by atomic mass is 35.5. The third-order valence-corrected chi connectivity index (χ3v) is 3.13. The van der Waals surface area contributed by atoms with Crippen molar-refractivity contribution in [2.45, 2.75) is 13.5 Å². The molecule has 108 valence electrons. The second-order valence-electron chi connectivity index (χ2n) is 4.50. The summed E-state index contributed by atoms with van der Waals surface area (Å²) in [6, 6.07) is 10.1. The number of benzene rings is 2. The van der Waals surface area contributed by atoms with Crippen molar-refractivity contribution in [1.29, 1.82) is 0 Å². The minimum atomic E-state index is -0.423. The van der Waals surface area contributed by atoms with Crippen molar-refractivity contribution >= 4 is 11.6 Å². The molecule has 0 aliphatic carbocycles. The Morgan fingerprint density at radius 1 is 1.24 bits per heavy atom. The van der Waals surface area contributed by atoms with E-state index >= 15 is 0 Å². The number of ether oxygens (including phenoxy) is 1. The first-order valence-corrected chi connectivity index (χ1v) is 6.75. The van der Waals surface area contributed by atoms with Crippen molar-refractivity contribution in [3.8, 4) is 17.6 Å². The molecule has 0 aromatic heterocycles. The molecule has 0 aliphatic heterocycles. The van der Waals surface area contributed by atoms with Gasteiger partial charge in [0.15, 0.2) is 0 Å². The molecule has 0 fully saturated rings. The molecule has 1 N–H and O–H groups in total. The van der Waals surface area contributed by atoms with Crippen molar-refractivity contribution in [3.05, 3.63) is 63.9 Å². The Kier molecular flexibility index (Phi) is 5.21. The summed E-state index contributed by atoms with van der Waals surface area (Å²) >= 11 is 6.05. The van der Waals surface area contributed by atoms with E-state index in [1.54, 1.807) is 18.2 Å². The van der Waals surface area contributed by atoms with E-state index in [1.165, 1.54) is 6.07 Å². The fourth-order valence-electron chi connectivity index (χ4n) is 1.78. The third kappa shape index (κ3) is 4.22. The van der Waals surface area contributed by atoms with Crippen LogP contribution in [-0.2, 0) is 6.61 Å². The van der Waals surface area contributed by atoms with Crippen LogP contribution in [-0.4, -0.2) is 11.7 Å². The molecule has 0 bridgehead atoms. The number of aliphatic hydroxyl groups excluding tert-OH is 1. The van der Waals surface area contributed by atoms with E-state index in [9.17, 15) is 4.39 Å². The lowest BCUT2D eigenvalue weighted by Gasteiger charge is -2.09. The van der Waals surface area contributed by atoms with Gasteiger partial charge in [0.1, 0.15) is 24.8 Å². The van der Waals surface area contributed by atoms with Gasteiger partial charge in [-0.25, -0.2) is 4.39 Å². The quantitative estimate of drug-likeness (QED) is 0.876. The van der Waals surface area contributed by atoms with Crippen LogP contribution in [0.4, 0.5) is 4.39 Å². The van der Waals surface area contributed by atoms with E-state index in [2.05, 4.69) is 11.8 Å². The van der Waals surface area contributed by atoms with Gasteiger partial charge in [-0.3, -0.25) is 0 Å². The smallest absolute Gasteiger partial charge is 0.138 e. The molecule has 0 heterocycles. The molecule has 0 aliphatic rings. The zero-order valence-electron chi connectivity index (χ0n) is 11.5. The largest absolute Gasteiger partial charge is 0.487 e. The van der Waals surface area contributed by atoms with E-state index in [0.29, 0.717) is 10.8 Å². The lowest BCUT2D eigenvalue weighted by molar-refractivity contribution is 0.306. The van der Waals surface area contributed by atoms with Gasteiger partial charge >= 0.3 is 0 Å². The van der Waals surface area contributed by atoms with Gasteiger partial charge in [-0.1, -0.05) is 35.6 Å². The molecule has 21 heavy (non-hydrogen) atoms. The van der Waals surface area contributed by atoms with Gasteiger partial charge in [0, 0.05) is 0 Å². The third-order valence-electron chi connectivity index (χ3n) is 2.81. The number of aliphatic hydroxyl groups is 1. The van der Waals surface area contributed by atoms with Crippen LogP contribution in [0.5, 0.6) is 5.75 Å². The molecule has 4 heteroatoms. The van der Waals surface area contributed by atoms with E-state index in [4.69, 9.17) is 21.4 Å². The summed E-state index contributed by atoms with van der Waals surface area (Å²) in [6.07, 6.45) is 0. The number of rotatable bonds is 3. The topological polar surface area (TPSA) is 29.5 Å². The first-order valence-electron chi connectivity index (χ1n) is 6.37. The van der Waals surface area contributed by atoms with Crippen molar-refractivity contribution in [2.24, 2.45) is 0 Å². The normalized spacial score (nSPS) is 9.90. The molecule has 0 saturated carbocycles. The van der Waals surface area contributed by atoms with Crippen LogP contribution in [0.15, 0.2) is 36.4 Å². The monoisotopic (exact) mass is 304 g/mol. The maximum absolute atomic E-state index is 13.5. The predicted octanol–water partition coefficient (Wildman–Crippen LogP) is 3.71. The molecule has 2 aromatic carbocycles. The summed E-state index contributed by atoms with van der Waals surface area (Å²) in [7, 11) is 0. The summed E-state index contributed by atoms with van der Waals surface area (Å²) in [4.78, 5) is 0. The van der Waals surface area contributed by atoms with Crippen LogP contribution in [0.1, 0.15) is 16.7 Å². The zero-order chi connectivity index (χ0) is 15.2. The Hall–Kier alpha value is -2.02. The minimum absolute atomic E-state index is 0.237. The average molecular weight is 305 g/mol. The molecule has 0 saturated heterocycles. The van der Waals surface area contributed by atoms with Gasteiger partial charge in [0.05, 0.1) is 10.6 Å². The van der Waals surface area contributed by atoms with E-state index in [-0.39, 0.29) is 18.8 Å². The molecular formula is C17H14ClFO2. The van der Waals surface area contributed by atoms with Gasteiger partial charge in [0.25, 0.3) is 0 Å². The Morgan fingerprint density at radius 3 is 2.81 bits per heavy atom. The van der Waals surface area contributed by atoms with Gasteiger partial charge < -0.3 is 9.84 Å². The number of halogens is 2. The lowest BCUT2D eigenvalue weighted by atomic mass is 10.1. The van der Waals surface area contributed by atoms with Crippen molar-refractivity contribution < 1.29 is 14.2 Å². The summed E-state index contributed by atoms with van der Waals surface area (Å²) < 4.78 is 19.2. The van der Waals surface area contributed by atoms with Gasteiger partial charge in [-0.05, 0) is 42.3 Å². The van der Waals surface area contributed by atoms with Gasteiger partial charge in [0.2, 0.25) is 0 Å². The van der Waals surface area contributed by atoms with E-state index in [0.717, 1.165) is 11.1 Å². The Bertz CT molecular complexity index is 702. The Balaban J connectivity index is 2.15. The molecule has 0 amide bonds. The highest BCUT2D eigenvalue weighted by molar-refractivity contribution is 6.32. The number of hydrogen-bond acceptors (Lipinski definition) is 2. The van der Waals surface area contributed by atoms with E-state index in [1.807, 2.05) is 19.1 Å². The standard InChI is InChI=1S/C17H14ClFO2/c1-12-4-6-15(18)17(9-12)21-11-13-5-7-16(19)14(10-13)3-2-8-20/h4-7,9-10,20H,8,11H2,1H3. The maximum atomic E-state index is 13.5. The SMILES string of the molecule is Cc1ccc(Cl)c(OCc2ccc(F)c(C#CCO)c2)c1. The summed E-state index contributed by atoms with van der Waals surface area (Å²) in [6.45, 7) is 1.90. The first-order chi connectivity index (χ1) is 10.1. The summed E-state index contributed by atoms with van der Waals surface area (Å²) in [5, 5.41) is 9.19. The van der Waals surface area contributed by atoms with Crippen LogP contribution < -0.4 is 4.74 Å². The molecule has 2 nitrogen and oxygen atoms in total. The van der Waals surface area contributed by atoms with Crippen molar-refractivity contribution in [3.63, 3.8) is 0 Å². The second-order valence-corrected chi connectivity index (χ2v) is 4.90. The Morgan fingerprint density at radius 2 is 2.05 bits per heavy atom. The zero-order valence-corrected chi connectivity index (χ0v) is 12.2. The Labute approximate surface area is 128 Å². The lowest BCUT2D eigenvalue weighted by Crippen LogP contribution is -1.98. The van der Waals surface area contributed by atoms with Gasteiger partial charge in [-0.2, -0.15) is 0 Å². The van der Waals surface area contributed by atoms with E-state index < -0.39 is 5.82 Å². The first kappa shape index (κ1) is 15.4. The number of aryl methyl sites for hydroxylation is 1. The maximum Gasteiger partial charge on any atom is 0.138 e. The highest BCUT2D eigenvalue weighted by Crippen LogP contribution is 2.26. The van der Waals surface area contributed by atoms with Crippen molar-refractivity contribution in [1.82, 2.24) is 0 Å². The second kappa shape index (κ2) is 7.12. The average Bonchev–Trinajstić information content (AvgIpc) is 2.48. The molecule has 2 rings (SSSR count). The molecule has 0 unspecified atom stereocenters. The summed E-state index contributed by atoms with van der Waals surface area (Å²) in [5.41, 5.74) is 2.06. The number of hydrogen-bond donors (Lipinski definition) is 1. The molecule has 0 spiro atoms. The van der Waals surface area contributed by atoms with Crippen molar-refractivity contribution in [2.75, 3.05) is 6.61 Å². The minimum Gasteiger partial charge on any atom is -0.487 e. The van der Waals surface area contributed by atoms with Crippen LogP contribution >= 0.6 is 11.6 Å². The highest BCUT2D eigenvalue weighted by Gasteiger charge is 2.05. The van der Waals surface area contributed by atoms with Crippen LogP contribution in [0.25, 0.3) is 0 Å². The summed E-state index contributed by atoms with van der Waals surface area (Å²) in [5.74, 6) is 5.16. The van der Waals surface area contributed by atoms with Crippen LogP contribution in [0, 0.1) is 24.6 Å². The fraction of sp³-hybridized carbons (Fsp3) is 0.176. The molecular weight excluding hydrogens is 291 g/mol. The van der Waals surface area contributed by atoms with Gasteiger partial charge in [-0.15, -0.1) is 0 Å².